The van der Waals surface area contributed by atoms with Gasteiger partial charge in [-0.1, -0.05) is 11.6 Å². The number of carbonyl (C=O) groups excluding carboxylic acids is 1. The molecule has 0 aliphatic carbocycles. The van der Waals surface area contributed by atoms with E-state index in [9.17, 15) is 4.79 Å². The van der Waals surface area contributed by atoms with Gasteiger partial charge < -0.3 is 23.7 Å². The van der Waals surface area contributed by atoms with Crippen LogP contribution >= 0.6 is 11.6 Å². The molecule has 0 saturated carbocycles. The quantitative estimate of drug-likeness (QED) is 0.240. The first-order valence-electron chi connectivity index (χ1n) is 10.4. The van der Waals surface area contributed by atoms with Gasteiger partial charge in [-0.15, -0.1) is 0 Å². The minimum Gasteiger partial charge on any atom is -0.497 e. The minimum absolute atomic E-state index is 0.150. The van der Waals surface area contributed by atoms with Gasteiger partial charge in [-0.3, -0.25) is 0 Å². The third kappa shape index (κ3) is 5.68. The minimum atomic E-state index is -0.554. The van der Waals surface area contributed by atoms with Crippen molar-refractivity contribution in [3.05, 3.63) is 88.6 Å². The van der Waals surface area contributed by atoms with Gasteiger partial charge in [0, 0.05) is 16.1 Å². The lowest BCUT2D eigenvalue weighted by molar-refractivity contribution is -0.129. The van der Waals surface area contributed by atoms with Crippen molar-refractivity contribution in [1.82, 2.24) is 0 Å². The Morgan fingerprint density at radius 3 is 2.21 bits per heavy atom. The van der Waals surface area contributed by atoms with Crippen LogP contribution in [0.15, 0.2) is 77.4 Å². The first-order valence-corrected chi connectivity index (χ1v) is 10.8. The topological polar surface area (TPSA) is 75.6 Å². The molecule has 0 fully saturated rings. The molecule has 1 aliphatic heterocycles. The molecule has 34 heavy (non-hydrogen) atoms. The number of methoxy groups -OCH3 is 2. The summed E-state index contributed by atoms with van der Waals surface area (Å²) in [6.07, 6.45) is 1.60. The number of esters is 1. The molecule has 174 valence electrons. The number of rotatable bonds is 9. The van der Waals surface area contributed by atoms with Crippen LogP contribution in [-0.4, -0.2) is 39.3 Å². The van der Waals surface area contributed by atoms with Crippen molar-refractivity contribution in [2.75, 3.05) is 27.4 Å². The smallest absolute Gasteiger partial charge is 0.363 e. The Balaban J connectivity index is 1.48. The van der Waals surface area contributed by atoms with E-state index in [1.807, 2.05) is 24.3 Å². The first-order chi connectivity index (χ1) is 16.6. The standard InChI is InChI=1S/C26H22ClNO6/c1-30-20-7-9-21(10-8-20)32-13-14-33-24-12-11-22(31-2)15-18(24)16-23-26(29)34-25(28-23)17-3-5-19(27)6-4-17/h3-12,15-16H,13-14H2,1-2H3/b23-16+. The van der Waals surface area contributed by atoms with Gasteiger partial charge in [-0.25, -0.2) is 9.79 Å². The number of nitrogens with zero attached hydrogens (tertiary/aromatic N) is 1. The second-order valence-electron chi connectivity index (χ2n) is 7.12. The van der Waals surface area contributed by atoms with Crippen molar-refractivity contribution < 1.29 is 28.5 Å². The van der Waals surface area contributed by atoms with E-state index in [1.165, 1.54) is 0 Å². The first kappa shape index (κ1) is 23.2. The van der Waals surface area contributed by atoms with Crippen LogP contribution in [0.4, 0.5) is 0 Å². The van der Waals surface area contributed by atoms with Crippen LogP contribution in [0, 0.1) is 0 Å². The van der Waals surface area contributed by atoms with Crippen LogP contribution in [0.25, 0.3) is 6.08 Å². The number of benzene rings is 3. The molecule has 1 aliphatic rings. The Bertz CT molecular complexity index is 1220. The predicted octanol–water partition coefficient (Wildman–Crippen LogP) is 5.16. The van der Waals surface area contributed by atoms with Gasteiger partial charge in [0.1, 0.15) is 36.2 Å². The van der Waals surface area contributed by atoms with E-state index in [-0.39, 0.29) is 18.2 Å². The number of aliphatic imine (C=N–C) groups is 1. The van der Waals surface area contributed by atoms with Crippen LogP contribution in [0.1, 0.15) is 11.1 Å². The lowest BCUT2D eigenvalue weighted by Gasteiger charge is -2.12. The highest BCUT2D eigenvalue weighted by Crippen LogP contribution is 2.29. The fraction of sp³-hybridized carbons (Fsp3) is 0.154. The zero-order chi connectivity index (χ0) is 23.9. The van der Waals surface area contributed by atoms with Crippen LogP contribution in [-0.2, 0) is 9.53 Å². The summed E-state index contributed by atoms with van der Waals surface area (Å²) in [5.74, 6) is 2.29. The summed E-state index contributed by atoms with van der Waals surface area (Å²) in [5, 5.41) is 0.582. The highest BCUT2D eigenvalue weighted by Gasteiger charge is 2.24. The SMILES string of the molecule is COc1ccc(OCCOc2ccc(OC)cc2/C=C2/N=C(c3ccc(Cl)cc3)OC2=O)cc1. The molecule has 3 aromatic rings. The van der Waals surface area contributed by atoms with Gasteiger partial charge in [-0.2, -0.15) is 0 Å². The second-order valence-corrected chi connectivity index (χ2v) is 7.56. The number of ether oxygens (including phenoxy) is 5. The van der Waals surface area contributed by atoms with Crippen molar-refractivity contribution in [2.45, 2.75) is 0 Å². The number of carbonyl (C=O) groups is 1. The number of hydrogen-bond donors (Lipinski definition) is 0. The molecule has 0 radical (unpaired) electrons. The van der Waals surface area contributed by atoms with Gasteiger partial charge in [0.25, 0.3) is 0 Å². The second kappa shape index (κ2) is 10.8. The van der Waals surface area contributed by atoms with Crippen molar-refractivity contribution in [2.24, 2.45) is 4.99 Å². The van der Waals surface area contributed by atoms with Gasteiger partial charge >= 0.3 is 5.97 Å². The van der Waals surface area contributed by atoms with Crippen molar-refractivity contribution in [3.63, 3.8) is 0 Å². The molecule has 0 bridgehead atoms. The van der Waals surface area contributed by atoms with E-state index in [0.29, 0.717) is 40.0 Å². The molecule has 3 aromatic carbocycles. The summed E-state index contributed by atoms with van der Waals surface area (Å²) in [7, 11) is 3.18. The Morgan fingerprint density at radius 1 is 0.853 bits per heavy atom. The van der Waals surface area contributed by atoms with Crippen molar-refractivity contribution in [1.29, 1.82) is 0 Å². The Kier molecular flexibility index (Phi) is 7.34. The van der Waals surface area contributed by atoms with E-state index in [4.69, 9.17) is 35.3 Å². The van der Waals surface area contributed by atoms with Crippen molar-refractivity contribution >= 4 is 29.5 Å². The summed E-state index contributed by atoms with van der Waals surface area (Å²) >= 11 is 5.93. The number of cyclic esters (lactones) is 1. The van der Waals surface area contributed by atoms with Crippen molar-refractivity contribution in [3.8, 4) is 23.0 Å². The number of halogens is 1. The normalized spacial score (nSPS) is 13.9. The average molecular weight is 480 g/mol. The van der Waals surface area contributed by atoms with Gasteiger partial charge in [0.05, 0.1) is 14.2 Å². The van der Waals surface area contributed by atoms with Gasteiger partial charge in [-0.05, 0) is 72.8 Å². The molecule has 0 N–H and O–H groups in total. The molecule has 0 amide bonds. The van der Waals surface area contributed by atoms with E-state index in [0.717, 1.165) is 5.75 Å². The third-order valence-corrected chi connectivity index (χ3v) is 5.14. The predicted molar refractivity (Wildman–Crippen MR) is 129 cm³/mol. The highest BCUT2D eigenvalue weighted by molar-refractivity contribution is 6.30. The van der Waals surface area contributed by atoms with E-state index >= 15 is 0 Å². The van der Waals surface area contributed by atoms with E-state index in [1.54, 1.807) is 62.8 Å². The van der Waals surface area contributed by atoms with Crippen LogP contribution in [0.3, 0.4) is 0 Å². The molecular formula is C26H22ClNO6. The Morgan fingerprint density at radius 2 is 1.50 bits per heavy atom. The molecule has 1 heterocycles. The molecule has 0 saturated heterocycles. The van der Waals surface area contributed by atoms with Crippen LogP contribution in [0.5, 0.6) is 23.0 Å². The summed E-state index contributed by atoms with van der Waals surface area (Å²) in [4.78, 5) is 16.8. The Labute approximate surface area is 202 Å². The monoisotopic (exact) mass is 479 g/mol. The fourth-order valence-corrected chi connectivity index (χ4v) is 3.28. The van der Waals surface area contributed by atoms with Gasteiger partial charge in [0.2, 0.25) is 5.90 Å². The average Bonchev–Trinajstić information content (AvgIpc) is 3.23. The molecule has 0 unspecified atom stereocenters. The molecule has 0 atom stereocenters. The summed E-state index contributed by atoms with van der Waals surface area (Å²) in [5.41, 5.74) is 1.42. The van der Waals surface area contributed by atoms with Crippen LogP contribution in [0.2, 0.25) is 5.02 Å². The fourth-order valence-electron chi connectivity index (χ4n) is 3.15. The lowest BCUT2D eigenvalue weighted by atomic mass is 10.1. The summed E-state index contributed by atoms with van der Waals surface area (Å²) < 4.78 is 27.4. The van der Waals surface area contributed by atoms with Crippen LogP contribution < -0.4 is 18.9 Å². The molecule has 7 nitrogen and oxygen atoms in total. The maximum Gasteiger partial charge on any atom is 0.363 e. The van der Waals surface area contributed by atoms with Gasteiger partial charge in [0.15, 0.2) is 5.70 Å². The lowest BCUT2D eigenvalue weighted by Crippen LogP contribution is -2.09. The maximum atomic E-state index is 12.4. The highest BCUT2D eigenvalue weighted by atomic mass is 35.5. The molecular weight excluding hydrogens is 458 g/mol. The molecule has 4 rings (SSSR count). The zero-order valence-corrected chi connectivity index (χ0v) is 19.4. The third-order valence-electron chi connectivity index (χ3n) is 4.89. The zero-order valence-electron chi connectivity index (χ0n) is 18.6. The van der Waals surface area contributed by atoms with E-state index in [2.05, 4.69) is 4.99 Å². The molecule has 0 spiro atoms. The maximum absolute atomic E-state index is 12.4. The number of hydrogen-bond acceptors (Lipinski definition) is 7. The molecule has 8 heteroatoms. The Hall–Kier alpha value is -3.97. The largest absolute Gasteiger partial charge is 0.497 e. The molecule has 0 aromatic heterocycles. The summed E-state index contributed by atoms with van der Waals surface area (Å²) in [6, 6.07) is 19.5. The van der Waals surface area contributed by atoms with E-state index < -0.39 is 5.97 Å². The summed E-state index contributed by atoms with van der Waals surface area (Å²) in [6.45, 7) is 0.619.